The average molecular weight is 267 g/mol. The van der Waals surface area contributed by atoms with Crippen LogP contribution in [-0.4, -0.2) is 30.9 Å². The van der Waals surface area contributed by atoms with E-state index in [9.17, 15) is 13.2 Å². The summed E-state index contributed by atoms with van der Waals surface area (Å²) in [6, 6.07) is 6.09. The van der Waals surface area contributed by atoms with Gasteiger partial charge in [-0.2, -0.15) is 0 Å². The maximum Gasteiger partial charge on any atom is 0.237 e. The Bertz CT molecular complexity index is 578. The minimum atomic E-state index is -3.35. The second-order valence-electron chi connectivity index (χ2n) is 4.71. The van der Waals surface area contributed by atoms with Gasteiger partial charge < -0.3 is 0 Å². The quantitative estimate of drug-likeness (QED) is 0.832. The Labute approximate surface area is 108 Å². The van der Waals surface area contributed by atoms with Crippen LogP contribution in [0.25, 0.3) is 0 Å². The molecule has 0 radical (unpaired) electrons. The Morgan fingerprint density at radius 2 is 2.00 bits per heavy atom. The number of sulfonamides is 1. The molecule has 1 aromatic rings. The number of benzene rings is 1. The Morgan fingerprint density at radius 1 is 1.28 bits per heavy atom. The van der Waals surface area contributed by atoms with Crippen molar-refractivity contribution in [2.24, 2.45) is 0 Å². The van der Waals surface area contributed by atoms with Gasteiger partial charge >= 0.3 is 0 Å². The predicted octanol–water partition coefficient (Wildman–Crippen LogP) is 1.41. The molecule has 0 bridgehead atoms. The Morgan fingerprint density at radius 3 is 2.61 bits per heavy atom. The van der Waals surface area contributed by atoms with Crippen LogP contribution < -0.4 is 0 Å². The Kier molecular flexibility index (Phi) is 3.43. The molecular formula is C13H17NO3S. The van der Waals surface area contributed by atoms with Gasteiger partial charge in [0, 0.05) is 13.0 Å². The smallest absolute Gasteiger partial charge is 0.237 e. The van der Waals surface area contributed by atoms with Crippen molar-refractivity contribution in [3.8, 4) is 0 Å². The summed E-state index contributed by atoms with van der Waals surface area (Å²) in [6.45, 7) is 4.25. The van der Waals surface area contributed by atoms with Gasteiger partial charge in [-0.3, -0.25) is 4.79 Å². The number of rotatable bonds is 3. The lowest BCUT2D eigenvalue weighted by Gasteiger charge is -2.15. The molecule has 0 saturated carbocycles. The SMILES string of the molecule is Cc1ccc(C)c(CCN2C(=O)CCS2(=O)=O)c1. The van der Waals surface area contributed by atoms with E-state index in [1.54, 1.807) is 0 Å². The summed E-state index contributed by atoms with van der Waals surface area (Å²) in [6.07, 6.45) is 0.702. The highest BCUT2D eigenvalue weighted by molar-refractivity contribution is 7.90. The molecule has 98 valence electrons. The molecule has 1 saturated heterocycles. The molecule has 0 N–H and O–H groups in total. The van der Waals surface area contributed by atoms with E-state index in [0.29, 0.717) is 6.42 Å². The lowest BCUT2D eigenvalue weighted by atomic mass is 10.0. The summed E-state index contributed by atoms with van der Waals surface area (Å²) in [5.74, 6) is -0.321. The van der Waals surface area contributed by atoms with Crippen LogP contribution >= 0.6 is 0 Å². The predicted molar refractivity (Wildman–Crippen MR) is 69.7 cm³/mol. The van der Waals surface area contributed by atoms with Crippen molar-refractivity contribution in [2.45, 2.75) is 26.7 Å². The van der Waals surface area contributed by atoms with E-state index in [2.05, 4.69) is 0 Å². The zero-order valence-electron chi connectivity index (χ0n) is 10.6. The van der Waals surface area contributed by atoms with Gasteiger partial charge in [-0.15, -0.1) is 0 Å². The molecule has 1 heterocycles. The number of hydrogen-bond donors (Lipinski definition) is 0. The van der Waals surface area contributed by atoms with Crippen LogP contribution in [0.5, 0.6) is 0 Å². The summed E-state index contributed by atoms with van der Waals surface area (Å²) in [5, 5.41) is 0. The van der Waals surface area contributed by atoms with Crippen LogP contribution in [0.15, 0.2) is 18.2 Å². The molecule has 1 amide bonds. The minimum Gasteiger partial charge on any atom is -0.274 e. The van der Waals surface area contributed by atoms with Crippen molar-refractivity contribution in [3.05, 3.63) is 34.9 Å². The standard InChI is InChI=1S/C13H17NO3S/c1-10-3-4-11(2)12(9-10)5-7-14-13(15)6-8-18(14,16)17/h3-4,9H,5-8H2,1-2H3. The lowest BCUT2D eigenvalue weighted by Crippen LogP contribution is -2.31. The van der Waals surface area contributed by atoms with Crippen LogP contribution in [0.3, 0.4) is 0 Å². The molecule has 1 fully saturated rings. The second kappa shape index (κ2) is 4.72. The number of carbonyl (C=O) groups is 1. The molecule has 0 aliphatic carbocycles. The van der Waals surface area contributed by atoms with Gasteiger partial charge in [0.05, 0.1) is 5.75 Å². The first-order valence-electron chi connectivity index (χ1n) is 5.99. The first-order valence-corrected chi connectivity index (χ1v) is 7.60. The zero-order valence-corrected chi connectivity index (χ0v) is 11.5. The zero-order chi connectivity index (χ0) is 13.3. The maximum absolute atomic E-state index is 11.7. The van der Waals surface area contributed by atoms with Crippen LogP contribution in [0.1, 0.15) is 23.1 Å². The minimum absolute atomic E-state index is 0.0430. The van der Waals surface area contributed by atoms with E-state index in [0.717, 1.165) is 21.0 Å². The molecule has 18 heavy (non-hydrogen) atoms. The topological polar surface area (TPSA) is 54.5 Å². The lowest BCUT2D eigenvalue weighted by molar-refractivity contribution is -0.125. The van der Waals surface area contributed by atoms with Crippen LogP contribution in [0.2, 0.25) is 0 Å². The molecule has 5 heteroatoms. The summed E-state index contributed by atoms with van der Waals surface area (Å²) in [4.78, 5) is 11.5. The first-order chi connectivity index (χ1) is 8.40. The molecule has 0 unspecified atom stereocenters. The van der Waals surface area contributed by atoms with Crippen molar-refractivity contribution in [1.29, 1.82) is 0 Å². The van der Waals surface area contributed by atoms with Gasteiger partial charge in [0.1, 0.15) is 0 Å². The number of nitrogens with zero attached hydrogens (tertiary/aromatic N) is 1. The normalized spacial score (nSPS) is 18.3. The third kappa shape index (κ3) is 2.56. The largest absolute Gasteiger partial charge is 0.274 e. The van der Waals surface area contributed by atoms with Crippen LogP contribution in [-0.2, 0) is 21.2 Å². The molecule has 0 atom stereocenters. The van der Waals surface area contributed by atoms with E-state index in [1.165, 1.54) is 0 Å². The van der Waals surface area contributed by atoms with E-state index >= 15 is 0 Å². The third-order valence-corrected chi connectivity index (χ3v) is 5.05. The van der Waals surface area contributed by atoms with Gasteiger partial charge in [0.25, 0.3) is 0 Å². The van der Waals surface area contributed by atoms with Gasteiger partial charge in [-0.05, 0) is 31.4 Å². The fourth-order valence-electron chi connectivity index (χ4n) is 2.16. The third-order valence-electron chi connectivity index (χ3n) is 3.28. The molecule has 4 nitrogen and oxygen atoms in total. The second-order valence-corrected chi connectivity index (χ2v) is 6.72. The van der Waals surface area contributed by atoms with Crippen molar-refractivity contribution >= 4 is 15.9 Å². The number of aryl methyl sites for hydroxylation is 2. The molecule has 1 aliphatic rings. The van der Waals surface area contributed by atoms with E-state index in [4.69, 9.17) is 0 Å². The van der Waals surface area contributed by atoms with Crippen molar-refractivity contribution in [2.75, 3.05) is 12.3 Å². The summed E-state index contributed by atoms with van der Waals surface area (Å²) in [5.41, 5.74) is 3.38. The Balaban J connectivity index is 2.12. The average Bonchev–Trinajstić information content (AvgIpc) is 2.55. The van der Waals surface area contributed by atoms with Crippen molar-refractivity contribution in [1.82, 2.24) is 4.31 Å². The summed E-state index contributed by atoms with van der Waals surface area (Å²) < 4.78 is 24.3. The molecule has 0 aromatic heterocycles. The van der Waals surface area contributed by atoms with E-state index in [-0.39, 0.29) is 24.6 Å². The molecule has 0 spiro atoms. The number of carbonyl (C=O) groups excluding carboxylic acids is 1. The van der Waals surface area contributed by atoms with Crippen LogP contribution in [0.4, 0.5) is 0 Å². The van der Waals surface area contributed by atoms with Crippen molar-refractivity contribution in [3.63, 3.8) is 0 Å². The van der Waals surface area contributed by atoms with E-state index < -0.39 is 10.0 Å². The summed E-state index contributed by atoms with van der Waals surface area (Å²) in [7, 11) is -3.35. The van der Waals surface area contributed by atoms with Gasteiger partial charge in [0.15, 0.2) is 0 Å². The molecule has 1 aliphatic heterocycles. The fraction of sp³-hybridized carbons (Fsp3) is 0.462. The fourth-order valence-corrected chi connectivity index (χ4v) is 3.59. The summed E-state index contributed by atoms with van der Waals surface area (Å²) >= 11 is 0. The van der Waals surface area contributed by atoms with Gasteiger partial charge in [-0.1, -0.05) is 23.8 Å². The highest BCUT2D eigenvalue weighted by Crippen LogP contribution is 2.17. The number of amides is 1. The monoisotopic (exact) mass is 267 g/mol. The van der Waals surface area contributed by atoms with Gasteiger partial charge in [0.2, 0.25) is 15.9 Å². The molecular weight excluding hydrogens is 250 g/mol. The van der Waals surface area contributed by atoms with Gasteiger partial charge in [-0.25, -0.2) is 12.7 Å². The van der Waals surface area contributed by atoms with Crippen molar-refractivity contribution < 1.29 is 13.2 Å². The highest BCUT2D eigenvalue weighted by atomic mass is 32.2. The van der Waals surface area contributed by atoms with Crippen LogP contribution in [0, 0.1) is 13.8 Å². The molecule has 2 rings (SSSR count). The maximum atomic E-state index is 11.7. The van der Waals surface area contributed by atoms with E-state index in [1.807, 2.05) is 32.0 Å². The Hall–Kier alpha value is -1.36. The first kappa shape index (κ1) is 13.1. The molecule has 1 aromatic carbocycles. The highest BCUT2D eigenvalue weighted by Gasteiger charge is 2.34. The number of hydrogen-bond acceptors (Lipinski definition) is 3.